The first-order valence-electron chi connectivity index (χ1n) is 10.7. The Morgan fingerprint density at radius 1 is 1.18 bits per heavy atom. The molecule has 0 spiro atoms. The van der Waals surface area contributed by atoms with Gasteiger partial charge in [0.1, 0.15) is 11.6 Å². The van der Waals surface area contributed by atoms with Gasteiger partial charge in [-0.05, 0) is 61.2 Å². The summed E-state index contributed by atoms with van der Waals surface area (Å²) >= 11 is 0. The van der Waals surface area contributed by atoms with Crippen LogP contribution in [0.2, 0.25) is 0 Å². The fourth-order valence-electron chi connectivity index (χ4n) is 3.82. The Morgan fingerprint density at radius 2 is 1.85 bits per heavy atom. The monoisotopic (exact) mass is 477 g/mol. The summed E-state index contributed by atoms with van der Waals surface area (Å²) in [6.45, 7) is 0.402. The first kappa shape index (κ1) is 24.7. The van der Waals surface area contributed by atoms with Gasteiger partial charge in [0.15, 0.2) is 0 Å². The van der Waals surface area contributed by atoms with Gasteiger partial charge in [0.25, 0.3) is 0 Å². The number of halogens is 1. The highest BCUT2D eigenvalue weighted by molar-refractivity contribution is 7.89. The molecular formula is C23H28FN3O5S. The Kier molecular flexibility index (Phi) is 8.04. The summed E-state index contributed by atoms with van der Waals surface area (Å²) in [6, 6.07) is 11.8. The predicted molar refractivity (Wildman–Crippen MR) is 120 cm³/mol. The van der Waals surface area contributed by atoms with Gasteiger partial charge in [-0.3, -0.25) is 9.59 Å². The van der Waals surface area contributed by atoms with Crippen LogP contribution in [0.1, 0.15) is 18.4 Å². The average molecular weight is 478 g/mol. The smallest absolute Gasteiger partial charge is 0.243 e. The van der Waals surface area contributed by atoms with E-state index in [1.165, 1.54) is 35.7 Å². The van der Waals surface area contributed by atoms with Crippen molar-refractivity contribution in [3.63, 3.8) is 0 Å². The van der Waals surface area contributed by atoms with Crippen LogP contribution in [-0.2, 0) is 26.0 Å². The van der Waals surface area contributed by atoms with Crippen molar-refractivity contribution in [2.75, 3.05) is 26.7 Å². The number of nitrogens with one attached hydrogen (secondary N) is 1. The molecule has 0 saturated carbocycles. The molecule has 178 valence electrons. The van der Waals surface area contributed by atoms with Gasteiger partial charge in [-0.25, -0.2) is 12.8 Å². The molecule has 10 heteroatoms. The lowest BCUT2D eigenvalue weighted by atomic mass is 9.96. The predicted octanol–water partition coefficient (Wildman–Crippen LogP) is 1.70. The summed E-state index contributed by atoms with van der Waals surface area (Å²) in [5, 5.41) is 2.74. The fraction of sp³-hybridized carbons (Fsp3) is 0.391. The molecule has 2 atom stereocenters. The first-order valence-corrected chi connectivity index (χ1v) is 12.1. The number of carbonyl (C=O) groups excluding carboxylic acids is 2. The fourth-order valence-corrected chi connectivity index (χ4v) is 5.34. The van der Waals surface area contributed by atoms with Gasteiger partial charge in [-0.2, -0.15) is 4.31 Å². The maximum Gasteiger partial charge on any atom is 0.243 e. The topological polar surface area (TPSA) is 119 Å². The van der Waals surface area contributed by atoms with E-state index in [1.807, 2.05) is 0 Å². The molecule has 2 amide bonds. The van der Waals surface area contributed by atoms with E-state index in [2.05, 4.69) is 5.32 Å². The van der Waals surface area contributed by atoms with E-state index in [-0.39, 0.29) is 36.1 Å². The SMILES string of the molecule is COc1ccc(S(=O)(=O)N2CCCC(C(=O)NCC(Cc3ccc(F)cc3)C(N)=O)C2)cc1. The zero-order valence-corrected chi connectivity index (χ0v) is 19.2. The van der Waals surface area contributed by atoms with Gasteiger partial charge in [0.2, 0.25) is 21.8 Å². The quantitative estimate of drug-likeness (QED) is 0.570. The Labute approximate surface area is 193 Å². The minimum atomic E-state index is -3.75. The third-order valence-corrected chi connectivity index (χ3v) is 7.65. The molecule has 2 aromatic carbocycles. The van der Waals surface area contributed by atoms with Gasteiger partial charge >= 0.3 is 0 Å². The minimum Gasteiger partial charge on any atom is -0.497 e. The summed E-state index contributed by atoms with van der Waals surface area (Å²) in [7, 11) is -2.25. The number of methoxy groups -OCH3 is 1. The molecule has 0 aliphatic carbocycles. The highest BCUT2D eigenvalue weighted by Crippen LogP contribution is 2.25. The first-order chi connectivity index (χ1) is 15.7. The number of rotatable bonds is 9. The third-order valence-electron chi connectivity index (χ3n) is 5.77. The van der Waals surface area contributed by atoms with Crippen LogP contribution >= 0.6 is 0 Å². The van der Waals surface area contributed by atoms with Crippen LogP contribution in [0.5, 0.6) is 5.75 Å². The van der Waals surface area contributed by atoms with Crippen molar-refractivity contribution >= 4 is 21.8 Å². The molecule has 2 aromatic rings. The molecule has 8 nitrogen and oxygen atoms in total. The lowest BCUT2D eigenvalue weighted by Crippen LogP contribution is -2.47. The standard InChI is InChI=1S/C23H28FN3O5S/c1-32-20-8-10-21(11-9-20)33(30,31)27-12-2-3-17(15-27)23(29)26-14-18(22(25)28)13-16-4-6-19(24)7-5-16/h4-11,17-18H,2-3,12-15H2,1H3,(H2,25,28)(H,26,29). The van der Waals surface area contributed by atoms with E-state index in [9.17, 15) is 22.4 Å². The van der Waals surface area contributed by atoms with Crippen molar-refractivity contribution < 1.29 is 27.1 Å². The highest BCUT2D eigenvalue weighted by atomic mass is 32.2. The van der Waals surface area contributed by atoms with Gasteiger partial charge in [0, 0.05) is 19.6 Å². The summed E-state index contributed by atoms with van der Waals surface area (Å²) < 4.78 is 45.5. The van der Waals surface area contributed by atoms with Crippen LogP contribution in [0.4, 0.5) is 4.39 Å². The number of benzene rings is 2. The molecule has 1 fully saturated rings. The molecule has 1 saturated heterocycles. The maximum absolute atomic E-state index is 13.1. The number of nitrogens with zero attached hydrogens (tertiary/aromatic N) is 1. The van der Waals surface area contributed by atoms with E-state index in [1.54, 1.807) is 24.3 Å². The molecule has 1 aliphatic rings. The Bertz CT molecular complexity index is 1070. The van der Waals surface area contributed by atoms with E-state index in [0.717, 1.165) is 5.56 Å². The van der Waals surface area contributed by atoms with Gasteiger partial charge < -0.3 is 15.8 Å². The van der Waals surface area contributed by atoms with Crippen molar-refractivity contribution in [2.24, 2.45) is 17.6 Å². The molecule has 0 bridgehead atoms. The molecule has 0 aromatic heterocycles. The number of primary amides is 1. The van der Waals surface area contributed by atoms with Crippen LogP contribution in [0.25, 0.3) is 0 Å². The molecule has 1 aliphatic heterocycles. The zero-order chi connectivity index (χ0) is 24.0. The van der Waals surface area contributed by atoms with Crippen molar-refractivity contribution in [3.8, 4) is 5.75 Å². The van der Waals surface area contributed by atoms with Crippen LogP contribution in [0.15, 0.2) is 53.4 Å². The molecule has 3 N–H and O–H groups in total. The van der Waals surface area contributed by atoms with Gasteiger partial charge in [-0.15, -0.1) is 0 Å². The van der Waals surface area contributed by atoms with Crippen molar-refractivity contribution in [1.29, 1.82) is 0 Å². The number of nitrogens with two attached hydrogens (primary N) is 1. The van der Waals surface area contributed by atoms with Crippen LogP contribution in [-0.4, -0.2) is 51.3 Å². The van der Waals surface area contributed by atoms with E-state index in [4.69, 9.17) is 10.5 Å². The Morgan fingerprint density at radius 3 is 2.45 bits per heavy atom. The second kappa shape index (κ2) is 10.8. The number of sulfonamides is 1. The number of ether oxygens (including phenoxy) is 1. The zero-order valence-electron chi connectivity index (χ0n) is 18.4. The molecule has 2 unspecified atom stereocenters. The number of piperidine rings is 1. The van der Waals surface area contributed by atoms with Gasteiger partial charge in [-0.1, -0.05) is 12.1 Å². The summed E-state index contributed by atoms with van der Waals surface area (Å²) in [4.78, 5) is 24.7. The molecule has 33 heavy (non-hydrogen) atoms. The van der Waals surface area contributed by atoms with E-state index >= 15 is 0 Å². The number of amides is 2. The lowest BCUT2D eigenvalue weighted by molar-refractivity contribution is -0.127. The number of hydrogen-bond donors (Lipinski definition) is 2. The summed E-state index contributed by atoms with van der Waals surface area (Å²) in [6.07, 6.45) is 1.35. The molecule has 1 heterocycles. The highest BCUT2D eigenvalue weighted by Gasteiger charge is 2.33. The van der Waals surface area contributed by atoms with Crippen LogP contribution in [0, 0.1) is 17.7 Å². The lowest BCUT2D eigenvalue weighted by Gasteiger charge is -2.31. The normalized spacial score (nSPS) is 17.8. The van der Waals surface area contributed by atoms with E-state index < -0.39 is 27.8 Å². The van der Waals surface area contributed by atoms with Crippen molar-refractivity contribution in [3.05, 3.63) is 59.9 Å². The maximum atomic E-state index is 13.1. The second-order valence-electron chi connectivity index (χ2n) is 8.05. The Balaban J connectivity index is 1.61. The summed E-state index contributed by atoms with van der Waals surface area (Å²) in [5.74, 6) is -1.93. The molecular weight excluding hydrogens is 449 g/mol. The van der Waals surface area contributed by atoms with Gasteiger partial charge in [0.05, 0.1) is 23.8 Å². The van der Waals surface area contributed by atoms with E-state index in [0.29, 0.717) is 25.1 Å². The Hall–Kier alpha value is -2.98. The number of carbonyl (C=O) groups is 2. The minimum absolute atomic E-state index is 0.0211. The average Bonchev–Trinajstić information content (AvgIpc) is 2.82. The number of hydrogen-bond acceptors (Lipinski definition) is 5. The largest absolute Gasteiger partial charge is 0.497 e. The van der Waals surface area contributed by atoms with Crippen molar-refractivity contribution in [1.82, 2.24) is 9.62 Å². The van der Waals surface area contributed by atoms with Crippen LogP contribution in [0.3, 0.4) is 0 Å². The molecule has 3 rings (SSSR count). The third kappa shape index (κ3) is 6.29. The second-order valence-corrected chi connectivity index (χ2v) is 9.99. The molecule has 0 radical (unpaired) electrons. The van der Waals surface area contributed by atoms with Crippen LogP contribution < -0.4 is 15.8 Å². The van der Waals surface area contributed by atoms with Crippen molar-refractivity contribution in [2.45, 2.75) is 24.2 Å². The summed E-state index contributed by atoms with van der Waals surface area (Å²) in [5.41, 5.74) is 6.21.